The highest BCUT2D eigenvalue weighted by atomic mass is 79.9. The molecule has 0 bridgehead atoms. The number of rotatable bonds is 5. The molecule has 0 radical (unpaired) electrons. The monoisotopic (exact) mass is 319 g/mol. The Labute approximate surface area is 120 Å². The molecule has 0 saturated carbocycles. The van der Waals surface area contributed by atoms with Crippen molar-refractivity contribution in [2.24, 2.45) is 0 Å². The van der Waals surface area contributed by atoms with E-state index in [0.29, 0.717) is 18.3 Å². The quantitative estimate of drug-likeness (QED) is 0.828. The van der Waals surface area contributed by atoms with Gasteiger partial charge in [-0.25, -0.2) is 0 Å². The van der Waals surface area contributed by atoms with Gasteiger partial charge in [-0.05, 0) is 30.7 Å². The van der Waals surface area contributed by atoms with Crippen molar-refractivity contribution in [1.82, 2.24) is 15.2 Å². The van der Waals surface area contributed by atoms with E-state index in [9.17, 15) is 0 Å². The minimum atomic E-state index is 0.472. The number of nitrogens with one attached hydrogen (secondary N) is 2. The average Bonchev–Trinajstić information content (AvgIpc) is 2.40. The maximum Gasteiger partial charge on any atom is 0.244 e. The van der Waals surface area contributed by atoms with Gasteiger partial charge in [-0.15, -0.1) is 11.7 Å². The van der Waals surface area contributed by atoms with Crippen LogP contribution in [0, 0.1) is 6.92 Å². The van der Waals surface area contributed by atoms with E-state index in [0.717, 1.165) is 15.7 Å². The van der Waals surface area contributed by atoms with Crippen molar-refractivity contribution in [3.8, 4) is 0 Å². The average molecular weight is 320 g/mol. The Morgan fingerprint density at radius 2 is 2.26 bits per heavy atom. The number of aromatic nitrogens is 3. The van der Waals surface area contributed by atoms with Gasteiger partial charge >= 0.3 is 0 Å². The zero-order valence-corrected chi connectivity index (χ0v) is 12.1. The third-order valence-corrected chi connectivity index (χ3v) is 2.91. The predicted octanol–water partition coefficient (Wildman–Crippen LogP) is 3.28. The van der Waals surface area contributed by atoms with Gasteiger partial charge in [0.15, 0.2) is 5.82 Å². The summed E-state index contributed by atoms with van der Waals surface area (Å²) >= 11 is 3.44. The molecule has 0 aliphatic carbocycles. The molecule has 2 aromatic rings. The van der Waals surface area contributed by atoms with Crippen LogP contribution in [-0.4, -0.2) is 21.7 Å². The Morgan fingerprint density at radius 1 is 1.42 bits per heavy atom. The van der Waals surface area contributed by atoms with Crippen LogP contribution in [0.3, 0.4) is 0 Å². The zero-order valence-electron chi connectivity index (χ0n) is 10.5. The molecule has 0 amide bonds. The van der Waals surface area contributed by atoms with Gasteiger partial charge in [-0.3, -0.25) is 0 Å². The Hall–Kier alpha value is -1.95. The SMILES string of the molecule is C=CCNc1nncc(Nc2ccc(Br)cc2C)n1. The van der Waals surface area contributed by atoms with Gasteiger partial charge in [0.1, 0.15) is 0 Å². The summed E-state index contributed by atoms with van der Waals surface area (Å²) in [6.45, 7) is 6.25. The highest BCUT2D eigenvalue weighted by Crippen LogP contribution is 2.22. The van der Waals surface area contributed by atoms with Crippen LogP contribution in [0.1, 0.15) is 5.56 Å². The molecule has 2 rings (SSSR count). The summed E-state index contributed by atoms with van der Waals surface area (Å²) < 4.78 is 1.05. The summed E-state index contributed by atoms with van der Waals surface area (Å²) in [4.78, 5) is 4.31. The number of anilines is 3. The second-order valence-electron chi connectivity index (χ2n) is 3.92. The summed E-state index contributed by atoms with van der Waals surface area (Å²) in [7, 11) is 0. The Kier molecular flexibility index (Phi) is 4.46. The van der Waals surface area contributed by atoms with Crippen molar-refractivity contribution in [1.29, 1.82) is 0 Å². The van der Waals surface area contributed by atoms with Gasteiger partial charge in [-0.1, -0.05) is 22.0 Å². The van der Waals surface area contributed by atoms with Gasteiger partial charge in [0.2, 0.25) is 5.95 Å². The molecule has 5 nitrogen and oxygen atoms in total. The van der Waals surface area contributed by atoms with Crippen LogP contribution < -0.4 is 10.6 Å². The van der Waals surface area contributed by atoms with Crippen LogP contribution >= 0.6 is 15.9 Å². The van der Waals surface area contributed by atoms with Gasteiger partial charge in [0.25, 0.3) is 0 Å². The highest BCUT2D eigenvalue weighted by molar-refractivity contribution is 9.10. The molecule has 19 heavy (non-hydrogen) atoms. The molecule has 0 atom stereocenters. The minimum Gasteiger partial charge on any atom is -0.349 e. The molecule has 1 heterocycles. The van der Waals surface area contributed by atoms with Crippen molar-refractivity contribution in [3.05, 3.63) is 47.1 Å². The van der Waals surface area contributed by atoms with E-state index in [2.05, 4.69) is 48.3 Å². The summed E-state index contributed by atoms with van der Waals surface area (Å²) in [6, 6.07) is 5.99. The van der Waals surface area contributed by atoms with Crippen molar-refractivity contribution in [3.63, 3.8) is 0 Å². The van der Waals surface area contributed by atoms with Crippen molar-refractivity contribution < 1.29 is 0 Å². The number of hydrogen-bond donors (Lipinski definition) is 2. The lowest BCUT2D eigenvalue weighted by Gasteiger charge is -2.09. The van der Waals surface area contributed by atoms with E-state index in [4.69, 9.17) is 0 Å². The molecule has 1 aromatic carbocycles. The van der Waals surface area contributed by atoms with Crippen LogP contribution in [-0.2, 0) is 0 Å². The maximum atomic E-state index is 4.31. The lowest BCUT2D eigenvalue weighted by molar-refractivity contribution is 0.967. The van der Waals surface area contributed by atoms with E-state index in [1.807, 2.05) is 25.1 Å². The molecule has 98 valence electrons. The van der Waals surface area contributed by atoms with E-state index >= 15 is 0 Å². The van der Waals surface area contributed by atoms with E-state index in [1.54, 1.807) is 12.3 Å². The van der Waals surface area contributed by atoms with Crippen LogP contribution in [0.15, 0.2) is 41.5 Å². The lowest BCUT2D eigenvalue weighted by Crippen LogP contribution is -2.06. The first-order valence-corrected chi connectivity index (χ1v) is 6.56. The van der Waals surface area contributed by atoms with Gasteiger partial charge in [0, 0.05) is 16.7 Å². The predicted molar refractivity (Wildman–Crippen MR) is 80.7 cm³/mol. The van der Waals surface area contributed by atoms with E-state index in [-0.39, 0.29) is 0 Å². The largest absolute Gasteiger partial charge is 0.349 e. The first kappa shape index (κ1) is 13.5. The first-order valence-electron chi connectivity index (χ1n) is 5.76. The topological polar surface area (TPSA) is 62.7 Å². The zero-order chi connectivity index (χ0) is 13.7. The third kappa shape index (κ3) is 3.75. The minimum absolute atomic E-state index is 0.472. The number of nitrogens with zero attached hydrogens (tertiary/aromatic N) is 3. The smallest absolute Gasteiger partial charge is 0.244 e. The molecule has 0 aliphatic rings. The standard InChI is InChI=1S/C13H14BrN5/c1-3-6-15-13-18-12(8-16-19-13)17-11-5-4-10(14)7-9(11)2/h3-5,7-8H,1,6H2,2H3,(H2,15,17,18,19). The van der Waals surface area contributed by atoms with Gasteiger partial charge in [0.05, 0.1) is 6.20 Å². The normalized spacial score (nSPS) is 10.0. The molecule has 6 heteroatoms. The molecule has 0 unspecified atom stereocenters. The number of aryl methyl sites for hydroxylation is 1. The van der Waals surface area contributed by atoms with E-state index in [1.165, 1.54) is 0 Å². The van der Waals surface area contributed by atoms with Crippen molar-refractivity contribution in [2.75, 3.05) is 17.2 Å². The summed E-state index contributed by atoms with van der Waals surface area (Å²) in [5, 5.41) is 14.0. The molecule has 0 fully saturated rings. The van der Waals surface area contributed by atoms with Gasteiger partial charge in [-0.2, -0.15) is 10.1 Å². The summed E-state index contributed by atoms with van der Waals surface area (Å²) in [5.41, 5.74) is 2.10. The van der Waals surface area contributed by atoms with Gasteiger partial charge < -0.3 is 10.6 Å². The fraction of sp³-hybridized carbons (Fsp3) is 0.154. The molecule has 0 spiro atoms. The van der Waals surface area contributed by atoms with E-state index < -0.39 is 0 Å². The molecular formula is C13H14BrN5. The Morgan fingerprint density at radius 3 is 3.00 bits per heavy atom. The van der Waals surface area contributed by atoms with Crippen molar-refractivity contribution >= 4 is 33.4 Å². The Balaban J connectivity index is 2.16. The molecular weight excluding hydrogens is 306 g/mol. The van der Waals surface area contributed by atoms with Crippen LogP contribution in [0.4, 0.5) is 17.5 Å². The maximum absolute atomic E-state index is 4.31. The Bertz CT molecular complexity index is 585. The van der Waals surface area contributed by atoms with Crippen LogP contribution in [0.2, 0.25) is 0 Å². The fourth-order valence-corrected chi connectivity index (χ4v) is 1.98. The molecule has 0 saturated heterocycles. The number of hydrogen-bond acceptors (Lipinski definition) is 5. The fourth-order valence-electron chi connectivity index (χ4n) is 1.51. The van der Waals surface area contributed by atoms with Crippen LogP contribution in [0.25, 0.3) is 0 Å². The second-order valence-corrected chi connectivity index (χ2v) is 4.83. The number of benzene rings is 1. The van der Waals surface area contributed by atoms with Crippen molar-refractivity contribution in [2.45, 2.75) is 6.92 Å². The molecule has 1 aromatic heterocycles. The highest BCUT2D eigenvalue weighted by Gasteiger charge is 2.03. The van der Waals surface area contributed by atoms with Crippen LogP contribution in [0.5, 0.6) is 0 Å². The number of halogens is 1. The molecule has 2 N–H and O–H groups in total. The first-order chi connectivity index (χ1) is 9.19. The summed E-state index contributed by atoms with van der Waals surface area (Å²) in [6.07, 6.45) is 3.32. The second kappa shape index (κ2) is 6.29. The lowest BCUT2D eigenvalue weighted by atomic mass is 10.2. The third-order valence-electron chi connectivity index (χ3n) is 2.41. The molecule has 0 aliphatic heterocycles. The summed E-state index contributed by atoms with van der Waals surface area (Å²) in [5.74, 6) is 1.12.